The summed E-state index contributed by atoms with van der Waals surface area (Å²) in [6.07, 6.45) is 7.51. The van der Waals surface area contributed by atoms with Crippen molar-refractivity contribution in [3.05, 3.63) is 42.4 Å². The van der Waals surface area contributed by atoms with Gasteiger partial charge in [-0.2, -0.15) is 0 Å². The van der Waals surface area contributed by atoms with E-state index in [1.165, 1.54) is 24.2 Å². The van der Waals surface area contributed by atoms with E-state index in [0.717, 1.165) is 31.2 Å². The Hall–Kier alpha value is -2.34. The molecule has 1 aliphatic carbocycles. The summed E-state index contributed by atoms with van der Waals surface area (Å²) in [6, 6.07) is 8.50. The van der Waals surface area contributed by atoms with Crippen LogP contribution in [0.5, 0.6) is 0 Å². The Morgan fingerprint density at radius 3 is 3.04 bits per heavy atom. The zero-order chi connectivity index (χ0) is 18.4. The minimum atomic E-state index is -0.177. The number of nitrogens with zero attached hydrogens (tertiary/aromatic N) is 4. The van der Waals surface area contributed by atoms with Gasteiger partial charge in [0, 0.05) is 38.6 Å². The van der Waals surface area contributed by atoms with Crippen LogP contribution in [0.2, 0.25) is 0 Å². The molecule has 6 nitrogen and oxygen atoms in total. The molecule has 0 unspecified atom stereocenters. The number of fused-ring (bicyclic) bond motifs is 4. The molecular weight excluding hydrogens is 340 g/mol. The van der Waals surface area contributed by atoms with Gasteiger partial charge in [-0.25, -0.2) is 4.98 Å². The van der Waals surface area contributed by atoms with E-state index in [0.29, 0.717) is 13.2 Å². The summed E-state index contributed by atoms with van der Waals surface area (Å²) in [5.74, 6) is 1.85. The second-order valence-corrected chi connectivity index (χ2v) is 7.90. The van der Waals surface area contributed by atoms with Crippen LogP contribution in [0, 0.1) is 5.92 Å². The van der Waals surface area contributed by atoms with Gasteiger partial charge >= 0.3 is 0 Å². The van der Waals surface area contributed by atoms with Crippen molar-refractivity contribution in [1.29, 1.82) is 0 Å². The van der Waals surface area contributed by atoms with Crippen molar-refractivity contribution in [2.75, 3.05) is 37.7 Å². The molecule has 6 heteroatoms. The lowest BCUT2D eigenvalue weighted by Crippen LogP contribution is -2.53. The molecule has 5 rings (SSSR count). The Labute approximate surface area is 159 Å². The molecule has 1 spiro atoms. The quantitative estimate of drug-likeness (QED) is 0.816. The number of carbonyl (C=O) groups is 1. The van der Waals surface area contributed by atoms with Gasteiger partial charge in [-0.05, 0) is 56.4 Å². The second-order valence-electron chi connectivity index (χ2n) is 7.90. The predicted octanol–water partition coefficient (Wildman–Crippen LogP) is 2.57. The highest BCUT2D eigenvalue weighted by Gasteiger charge is 2.51. The fourth-order valence-electron chi connectivity index (χ4n) is 4.65. The minimum absolute atomic E-state index is 0.0928. The highest BCUT2D eigenvalue weighted by atomic mass is 16.5. The normalized spacial score (nSPS) is 23.6. The SMILES string of the molecule is CCOCC(=O)N1CC[C@]2(C1)c1cccn1-c1ncccc1N2CC1CC1. The number of carbonyl (C=O) groups excluding carboxylic acids is 1. The molecule has 0 aromatic carbocycles. The van der Waals surface area contributed by atoms with E-state index in [9.17, 15) is 4.79 Å². The maximum atomic E-state index is 12.6. The Morgan fingerprint density at radius 1 is 1.33 bits per heavy atom. The zero-order valence-corrected chi connectivity index (χ0v) is 15.8. The average molecular weight is 366 g/mol. The summed E-state index contributed by atoms with van der Waals surface area (Å²) >= 11 is 0. The first kappa shape index (κ1) is 16.8. The van der Waals surface area contributed by atoms with Crippen molar-refractivity contribution in [2.45, 2.75) is 31.7 Å². The predicted molar refractivity (Wildman–Crippen MR) is 103 cm³/mol. The van der Waals surface area contributed by atoms with E-state index in [4.69, 9.17) is 4.74 Å². The molecule has 142 valence electrons. The number of likely N-dealkylation sites (tertiary alicyclic amines) is 1. The lowest BCUT2D eigenvalue weighted by atomic mass is 9.88. The first-order chi connectivity index (χ1) is 13.2. The average Bonchev–Trinajstić information content (AvgIpc) is 3.19. The third kappa shape index (κ3) is 2.65. The molecule has 3 aliphatic rings. The van der Waals surface area contributed by atoms with E-state index < -0.39 is 0 Å². The van der Waals surface area contributed by atoms with E-state index >= 15 is 0 Å². The maximum Gasteiger partial charge on any atom is 0.248 e. The van der Waals surface area contributed by atoms with Crippen LogP contribution in [-0.2, 0) is 15.1 Å². The standard InChI is InChI=1S/C21H26N4O2/c1-2-27-14-19(26)23-12-9-21(15-23)18-6-4-11-24(18)20-17(5-3-10-22-20)25(21)13-16-7-8-16/h3-6,10-11,16H,2,7-9,12-15H2,1H3/t21-/m0/s1. The molecule has 1 atom stereocenters. The summed E-state index contributed by atoms with van der Waals surface area (Å²) in [5, 5.41) is 0. The summed E-state index contributed by atoms with van der Waals surface area (Å²) in [5.41, 5.74) is 2.26. The Balaban J connectivity index is 1.55. The molecule has 0 bridgehead atoms. The number of amides is 1. The fourth-order valence-corrected chi connectivity index (χ4v) is 4.65. The van der Waals surface area contributed by atoms with E-state index in [1.54, 1.807) is 0 Å². The first-order valence-electron chi connectivity index (χ1n) is 9.99. The van der Waals surface area contributed by atoms with E-state index in [1.807, 2.05) is 24.1 Å². The van der Waals surface area contributed by atoms with Crippen molar-refractivity contribution >= 4 is 11.6 Å². The van der Waals surface area contributed by atoms with Crippen LogP contribution in [0.1, 0.15) is 31.9 Å². The summed E-state index contributed by atoms with van der Waals surface area (Å²) in [4.78, 5) is 21.8. The third-order valence-corrected chi connectivity index (χ3v) is 6.20. The molecule has 4 heterocycles. The van der Waals surface area contributed by atoms with Crippen LogP contribution >= 0.6 is 0 Å². The van der Waals surface area contributed by atoms with Gasteiger partial charge in [0.1, 0.15) is 12.1 Å². The number of pyridine rings is 1. The van der Waals surface area contributed by atoms with Crippen LogP contribution in [-0.4, -0.2) is 53.2 Å². The molecule has 1 amide bonds. The molecule has 1 saturated carbocycles. The fraction of sp³-hybridized carbons (Fsp3) is 0.524. The van der Waals surface area contributed by atoms with Gasteiger partial charge in [-0.3, -0.25) is 4.79 Å². The molecule has 2 aromatic heterocycles. The lowest BCUT2D eigenvalue weighted by molar-refractivity contribution is -0.135. The third-order valence-electron chi connectivity index (χ3n) is 6.20. The van der Waals surface area contributed by atoms with Crippen molar-refractivity contribution in [3.63, 3.8) is 0 Å². The molecule has 2 aliphatic heterocycles. The van der Waals surface area contributed by atoms with Gasteiger partial charge < -0.3 is 19.1 Å². The number of hydrogen-bond acceptors (Lipinski definition) is 4. The Morgan fingerprint density at radius 2 is 2.22 bits per heavy atom. The van der Waals surface area contributed by atoms with Gasteiger partial charge in [0.2, 0.25) is 5.91 Å². The topological polar surface area (TPSA) is 50.6 Å². The van der Waals surface area contributed by atoms with Crippen LogP contribution in [0.25, 0.3) is 5.82 Å². The van der Waals surface area contributed by atoms with Gasteiger partial charge in [0.05, 0.1) is 11.4 Å². The van der Waals surface area contributed by atoms with E-state index in [-0.39, 0.29) is 18.1 Å². The molecular formula is C21H26N4O2. The van der Waals surface area contributed by atoms with Crippen molar-refractivity contribution in [1.82, 2.24) is 14.5 Å². The maximum absolute atomic E-state index is 12.6. The summed E-state index contributed by atoms with van der Waals surface area (Å²) in [6.45, 7) is 5.19. The number of hydrogen-bond donors (Lipinski definition) is 0. The van der Waals surface area contributed by atoms with Gasteiger partial charge in [0.15, 0.2) is 5.82 Å². The highest BCUT2D eigenvalue weighted by Crippen LogP contribution is 2.48. The number of anilines is 1. The lowest BCUT2D eigenvalue weighted by Gasteiger charge is -2.47. The second kappa shape index (κ2) is 6.37. The minimum Gasteiger partial charge on any atom is -0.372 e. The van der Waals surface area contributed by atoms with Crippen LogP contribution in [0.3, 0.4) is 0 Å². The van der Waals surface area contributed by atoms with Crippen LogP contribution in [0.15, 0.2) is 36.7 Å². The van der Waals surface area contributed by atoms with Crippen LogP contribution in [0.4, 0.5) is 5.69 Å². The van der Waals surface area contributed by atoms with Gasteiger partial charge in [0.25, 0.3) is 0 Å². The largest absolute Gasteiger partial charge is 0.372 e. The number of aromatic nitrogens is 2. The Kier molecular flexibility index (Phi) is 3.97. The zero-order valence-electron chi connectivity index (χ0n) is 15.8. The molecule has 0 N–H and O–H groups in total. The molecule has 27 heavy (non-hydrogen) atoms. The van der Waals surface area contributed by atoms with Crippen molar-refractivity contribution in [3.8, 4) is 5.82 Å². The Bertz CT molecular complexity index is 859. The van der Waals surface area contributed by atoms with Gasteiger partial charge in [-0.1, -0.05) is 0 Å². The highest BCUT2D eigenvalue weighted by molar-refractivity contribution is 5.78. The summed E-state index contributed by atoms with van der Waals surface area (Å²) in [7, 11) is 0. The van der Waals surface area contributed by atoms with Gasteiger partial charge in [-0.15, -0.1) is 0 Å². The van der Waals surface area contributed by atoms with E-state index in [2.05, 4.69) is 38.8 Å². The molecule has 1 saturated heterocycles. The monoisotopic (exact) mass is 366 g/mol. The number of rotatable bonds is 5. The molecule has 0 radical (unpaired) electrons. The van der Waals surface area contributed by atoms with Crippen molar-refractivity contribution < 1.29 is 9.53 Å². The number of ether oxygens (including phenoxy) is 1. The smallest absolute Gasteiger partial charge is 0.248 e. The summed E-state index contributed by atoms with van der Waals surface area (Å²) < 4.78 is 7.59. The van der Waals surface area contributed by atoms with Crippen LogP contribution < -0.4 is 4.90 Å². The molecule has 2 aromatic rings. The molecule has 2 fully saturated rings. The first-order valence-corrected chi connectivity index (χ1v) is 9.99. The van der Waals surface area contributed by atoms with Crippen molar-refractivity contribution in [2.24, 2.45) is 5.92 Å².